The van der Waals surface area contributed by atoms with E-state index in [9.17, 15) is 14.0 Å². The Labute approximate surface area is 88.4 Å². The molecule has 0 aliphatic carbocycles. The molecule has 74 valence electrons. The lowest BCUT2D eigenvalue weighted by molar-refractivity contribution is 0.0963. The first-order chi connectivity index (χ1) is 6.60. The van der Waals surface area contributed by atoms with Gasteiger partial charge >= 0.3 is 0 Å². The van der Waals surface area contributed by atoms with Crippen molar-refractivity contribution in [2.75, 3.05) is 7.05 Å². The Morgan fingerprint density at radius 1 is 1.57 bits per heavy atom. The molecule has 0 saturated heterocycles. The van der Waals surface area contributed by atoms with E-state index in [4.69, 9.17) is 0 Å². The number of aldehydes is 1. The number of halogens is 2. The zero-order valence-corrected chi connectivity index (χ0v) is 8.89. The fourth-order valence-corrected chi connectivity index (χ4v) is 1.45. The van der Waals surface area contributed by atoms with Crippen molar-refractivity contribution in [2.24, 2.45) is 0 Å². The fourth-order valence-electron chi connectivity index (χ4n) is 0.972. The van der Waals surface area contributed by atoms with Crippen LogP contribution in [0.5, 0.6) is 0 Å². The summed E-state index contributed by atoms with van der Waals surface area (Å²) in [6.45, 7) is 0. The van der Waals surface area contributed by atoms with Crippen molar-refractivity contribution in [2.45, 2.75) is 0 Å². The van der Waals surface area contributed by atoms with Gasteiger partial charge in [0.25, 0.3) is 5.91 Å². The Morgan fingerprint density at radius 2 is 2.21 bits per heavy atom. The SMILES string of the molecule is CNC(=O)c1cc(Br)c(F)c(C=O)c1. The maximum absolute atomic E-state index is 13.1. The number of rotatable bonds is 2. The van der Waals surface area contributed by atoms with Gasteiger partial charge in [-0.3, -0.25) is 9.59 Å². The van der Waals surface area contributed by atoms with Crippen LogP contribution in [0.25, 0.3) is 0 Å². The number of nitrogens with one attached hydrogen (secondary N) is 1. The first kappa shape index (κ1) is 10.8. The minimum atomic E-state index is -0.660. The second-order valence-corrected chi connectivity index (χ2v) is 3.41. The molecule has 0 atom stereocenters. The molecule has 0 spiro atoms. The number of carbonyl (C=O) groups is 2. The average molecular weight is 260 g/mol. The second kappa shape index (κ2) is 4.32. The maximum Gasteiger partial charge on any atom is 0.251 e. The van der Waals surface area contributed by atoms with Crippen LogP contribution in [-0.2, 0) is 0 Å². The van der Waals surface area contributed by atoms with Crippen LogP contribution < -0.4 is 5.32 Å². The zero-order valence-electron chi connectivity index (χ0n) is 7.30. The van der Waals surface area contributed by atoms with Crippen molar-refractivity contribution in [3.8, 4) is 0 Å². The van der Waals surface area contributed by atoms with Crippen LogP contribution in [0.4, 0.5) is 4.39 Å². The third kappa shape index (κ3) is 1.98. The van der Waals surface area contributed by atoms with Gasteiger partial charge in [0, 0.05) is 12.6 Å². The van der Waals surface area contributed by atoms with Gasteiger partial charge in [-0.05, 0) is 28.1 Å². The molecule has 0 heterocycles. The number of benzene rings is 1. The van der Waals surface area contributed by atoms with Gasteiger partial charge in [-0.2, -0.15) is 0 Å². The van der Waals surface area contributed by atoms with E-state index in [0.717, 1.165) is 0 Å². The second-order valence-electron chi connectivity index (χ2n) is 2.56. The molecule has 1 rings (SSSR count). The third-order valence-electron chi connectivity index (χ3n) is 1.67. The molecule has 1 amide bonds. The Kier molecular flexibility index (Phi) is 3.35. The summed E-state index contributed by atoms with van der Waals surface area (Å²) in [7, 11) is 1.46. The lowest BCUT2D eigenvalue weighted by Gasteiger charge is -2.03. The number of carbonyl (C=O) groups excluding carboxylic acids is 2. The molecule has 5 heteroatoms. The molecule has 0 aliphatic heterocycles. The van der Waals surface area contributed by atoms with Crippen molar-refractivity contribution < 1.29 is 14.0 Å². The monoisotopic (exact) mass is 259 g/mol. The van der Waals surface area contributed by atoms with E-state index in [0.29, 0.717) is 6.29 Å². The highest BCUT2D eigenvalue weighted by Gasteiger charge is 2.11. The summed E-state index contributed by atoms with van der Waals surface area (Å²) in [5.41, 5.74) is 0.0980. The van der Waals surface area contributed by atoms with Gasteiger partial charge in [-0.1, -0.05) is 0 Å². The van der Waals surface area contributed by atoms with Crippen molar-refractivity contribution in [1.29, 1.82) is 0 Å². The smallest absolute Gasteiger partial charge is 0.251 e. The van der Waals surface area contributed by atoms with Crippen molar-refractivity contribution in [1.82, 2.24) is 5.32 Å². The summed E-state index contributed by atoms with van der Waals surface area (Å²) in [6, 6.07) is 2.52. The molecule has 0 aliphatic rings. The van der Waals surface area contributed by atoms with Crippen molar-refractivity contribution in [3.63, 3.8) is 0 Å². The first-order valence-electron chi connectivity index (χ1n) is 3.76. The van der Waals surface area contributed by atoms with Crippen molar-refractivity contribution in [3.05, 3.63) is 33.5 Å². The van der Waals surface area contributed by atoms with E-state index in [2.05, 4.69) is 21.2 Å². The zero-order chi connectivity index (χ0) is 10.7. The lowest BCUT2D eigenvalue weighted by atomic mass is 10.1. The van der Waals surface area contributed by atoms with Gasteiger partial charge < -0.3 is 5.32 Å². The van der Waals surface area contributed by atoms with Gasteiger partial charge in [0.15, 0.2) is 6.29 Å². The van der Waals surface area contributed by atoms with E-state index >= 15 is 0 Å². The molecule has 0 unspecified atom stereocenters. The van der Waals surface area contributed by atoms with Crippen LogP contribution >= 0.6 is 15.9 Å². The van der Waals surface area contributed by atoms with Gasteiger partial charge in [-0.25, -0.2) is 4.39 Å². The Balaban J connectivity index is 3.29. The molecule has 1 aromatic carbocycles. The van der Waals surface area contributed by atoms with Gasteiger partial charge in [-0.15, -0.1) is 0 Å². The summed E-state index contributed by atoms with van der Waals surface area (Å²) < 4.78 is 13.2. The molecule has 0 bridgehead atoms. The number of hydrogen-bond acceptors (Lipinski definition) is 2. The maximum atomic E-state index is 13.1. The quantitative estimate of drug-likeness (QED) is 0.823. The largest absolute Gasteiger partial charge is 0.355 e. The molecule has 3 nitrogen and oxygen atoms in total. The predicted molar refractivity (Wildman–Crippen MR) is 52.9 cm³/mol. The average Bonchev–Trinajstić information content (AvgIpc) is 2.20. The van der Waals surface area contributed by atoms with E-state index < -0.39 is 5.82 Å². The van der Waals surface area contributed by atoms with Crippen LogP contribution in [0.15, 0.2) is 16.6 Å². The highest BCUT2D eigenvalue weighted by molar-refractivity contribution is 9.10. The van der Waals surface area contributed by atoms with Crippen molar-refractivity contribution >= 4 is 28.1 Å². The molecule has 1 N–H and O–H groups in total. The van der Waals surface area contributed by atoms with E-state index in [1.54, 1.807) is 0 Å². The highest BCUT2D eigenvalue weighted by atomic mass is 79.9. The van der Waals surface area contributed by atoms with E-state index in [1.807, 2.05) is 0 Å². The summed E-state index contributed by atoms with van der Waals surface area (Å²) in [6.07, 6.45) is 0.368. The van der Waals surface area contributed by atoms with Gasteiger partial charge in [0.1, 0.15) is 5.82 Å². The normalized spacial score (nSPS) is 9.64. The predicted octanol–water partition coefficient (Wildman–Crippen LogP) is 1.76. The Bertz CT molecular complexity index is 393. The molecule has 0 radical (unpaired) electrons. The molecule has 14 heavy (non-hydrogen) atoms. The molecular formula is C9H7BrFNO2. The Morgan fingerprint density at radius 3 is 2.71 bits per heavy atom. The molecular weight excluding hydrogens is 253 g/mol. The van der Waals surface area contributed by atoms with Crippen LogP contribution in [0.3, 0.4) is 0 Å². The van der Waals surface area contributed by atoms with Gasteiger partial charge in [0.05, 0.1) is 10.0 Å². The third-order valence-corrected chi connectivity index (χ3v) is 2.25. The summed E-state index contributed by atoms with van der Waals surface area (Å²) in [5, 5.41) is 2.38. The molecule has 1 aromatic rings. The standard InChI is InChI=1S/C9H7BrFNO2/c1-12-9(14)5-2-6(4-13)8(11)7(10)3-5/h2-4H,1H3,(H,12,14). The number of amides is 1. The van der Waals surface area contributed by atoms with Crippen LogP contribution in [0.1, 0.15) is 20.7 Å². The van der Waals surface area contributed by atoms with Crippen LogP contribution in [0.2, 0.25) is 0 Å². The lowest BCUT2D eigenvalue weighted by Crippen LogP contribution is -2.18. The molecule has 0 fully saturated rings. The van der Waals surface area contributed by atoms with Crippen LogP contribution in [0, 0.1) is 5.82 Å². The first-order valence-corrected chi connectivity index (χ1v) is 4.55. The topological polar surface area (TPSA) is 46.2 Å². The van der Waals surface area contributed by atoms with E-state index in [1.165, 1.54) is 19.2 Å². The fraction of sp³-hybridized carbons (Fsp3) is 0.111. The summed E-state index contributed by atoms with van der Waals surface area (Å²) in [4.78, 5) is 21.6. The minimum Gasteiger partial charge on any atom is -0.355 e. The summed E-state index contributed by atoms with van der Waals surface area (Å²) >= 11 is 2.92. The minimum absolute atomic E-state index is 0.0979. The van der Waals surface area contributed by atoms with Crippen LogP contribution in [-0.4, -0.2) is 19.2 Å². The Hall–Kier alpha value is -1.23. The molecule has 0 aromatic heterocycles. The molecule has 0 saturated carbocycles. The summed E-state index contributed by atoms with van der Waals surface area (Å²) in [5.74, 6) is -1.03. The van der Waals surface area contributed by atoms with Gasteiger partial charge in [0.2, 0.25) is 0 Å². The highest BCUT2D eigenvalue weighted by Crippen LogP contribution is 2.20. The van der Waals surface area contributed by atoms with E-state index in [-0.39, 0.29) is 21.5 Å². The number of hydrogen-bond donors (Lipinski definition) is 1.